The van der Waals surface area contributed by atoms with E-state index >= 15 is 0 Å². The van der Waals surface area contributed by atoms with Crippen LogP contribution in [-0.4, -0.2) is 23.3 Å². The van der Waals surface area contributed by atoms with Crippen molar-refractivity contribution in [3.63, 3.8) is 0 Å². The van der Waals surface area contributed by atoms with Crippen LogP contribution in [0.2, 0.25) is 0 Å². The van der Waals surface area contributed by atoms with Crippen LogP contribution in [-0.2, 0) is 4.74 Å². The van der Waals surface area contributed by atoms with Crippen molar-refractivity contribution in [2.45, 2.75) is 32.8 Å². The molecule has 0 spiro atoms. The zero-order valence-corrected chi connectivity index (χ0v) is 8.39. The topological polar surface area (TPSA) is 58.6 Å². The largest absolute Gasteiger partial charge is 0.513 e. The molecule has 0 radical (unpaired) electrons. The molecule has 0 unspecified atom stereocenters. The molecule has 0 bridgehead atoms. The molecule has 0 aliphatic heterocycles. The summed E-state index contributed by atoms with van der Waals surface area (Å²) >= 11 is 0. The second-order valence-corrected chi connectivity index (χ2v) is 3.74. The zero-order valence-electron chi connectivity index (χ0n) is 8.39. The Morgan fingerprint density at radius 3 is 2.46 bits per heavy atom. The number of amides is 1. The number of carbonyl (C=O) groups is 1. The van der Waals surface area contributed by atoms with Crippen molar-refractivity contribution >= 4 is 6.09 Å². The highest BCUT2D eigenvalue weighted by atomic mass is 16.6. The van der Waals surface area contributed by atoms with Crippen molar-refractivity contribution in [3.8, 4) is 0 Å². The Bertz CT molecular complexity index is 194. The van der Waals surface area contributed by atoms with Gasteiger partial charge in [-0.25, -0.2) is 4.79 Å². The molecule has 0 saturated heterocycles. The van der Waals surface area contributed by atoms with Gasteiger partial charge in [0.1, 0.15) is 5.60 Å². The molecule has 76 valence electrons. The standard InChI is InChI=1S/C9H17NO3/c1-7(11)5-6-10-8(12)13-9(2,3)4/h11H,1,5-6H2,2-4H3,(H,10,12). The summed E-state index contributed by atoms with van der Waals surface area (Å²) in [5, 5.41) is 11.2. The summed E-state index contributed by atoms with van der Waals surface area (Å²) in [4.78, 5) is 11.0. The van der Waals surface area contributed by atoms with Gasteiger partial charge in [0.2, 0.25) is 0 Å². The van der Waals surface area contributed by atoms with Gasteiger partial charge in [0.25, 0.3) is 0 Å². The molecule has 0 aromatic carbocycles. The minimum atomic E-state index is -0.486. The van der Waals surface area contributed by atoms with Gasteiger partial charge in [-0.05, 0) is 20.8 Å². The van der Waals surface area contributed by atoms with Crippen molar-refractivity contribution in [1.29, 1.82) is 0 Å². The molecule has 0 aromatic heterocycles. The Balaban J connectivity index is 3.59. The SMILES string of the molecule is C=C(O)CCNC(=O)OC(C)(C)C. The molecule has 0 aliphatic rings. The summed E-state index contributed by atoms with van der Waals surface area (Å²) in [6.07, 6.45) is -0.132. The fraction of sp³-hybridized carbons (Fsp3) is 0.667. The van der Waals surface area contributed by atoms with Crippen molar-refractivity contribution in [2.75, 3.05) is 6.54 Å². The molecule has 13 heavy (non-hydrogen) atoms. The van der Waals surface area contributed by atoms with E-state index in [1.165, 1.54) is 0 Å². The van der Waals surface area contributed by atoms with Crippen LogP contribution < -0.4 is 5.32 Å². The van der Waals surface area contributed by atoms with Gasteiger partial charge >= 0.3 is 6.09 Å². The number of hydrogen-bond donors (Lipinski definition) is 2. The van der Waals surface area contributed by atoms with Crippen molar-refractivity contribution in [2.24, 2.45) is 0 Å². The minimum Gasteiger partial charge on any atom is -0.513 e. The number of ether oxygens (including phenoxy) is 1. The van der Waals surface area contributed by atoms with Gasteiger partial charge in [-0.15, -0.1) is 0 Å². The maximum absolute atomic E-state index is 11.0. The first-order chi connectivity index (χ1) is 5.81. The predicted octanol–water partition coefficient (Wildman–Crippen LogP) is 1.97. The maximum atomic E-state index is 11.0. The second-order valence-electron chi connectivity index (χ2n) is 3.74. The van der Waals surface area contributed by atoms with Gasteiger partial charge in [0, 0.05) is 13.0 Å². The third kappa shape index (κ3) is 8.72. The highest BCUT2D eigenvalue weighted by Gasteiger charge is 2.15. The lowest BCUT2D eigenvalue weighted by Gasteiger charge is -2.19. The van der Waals surface area contributed by atoms with E-state index in [2.05, 4.69) is 11.9 Å². The Hall–Kier alpha value is -1.19. The zero-order chi connectivity index (χ0) is 10.5. The Labute approximate surface area is 78.6 Å². The molecular formula is C9H17NO3. The summed E-state index contributed by atoms with van der Waals surface area (Å²) in [7, 11) is 0. The lowest BCUT2D eigenvalue weighted by Crippen LogP contribution is -2.33. The van der Waals surface area contributed by atoms with Crippen LogP contribution in [0, 0.1) is 0 Å². The van der Waals surface area contributed by atoms with Crippen LogP contribution in [0.25, 0.3) is 0 Å². The predicted molar refractivity (Wildman–Crippen MR) is 50.6 cm³/mol. The Kier molecular flexibility index (Phi) is 4.31. The average Bonchev–Trinajstić information content (AvgIpc) is 1.81. The third-order valence-electron chi connectivity index (χ3n) is 1.08. The maximum Gasteiger partial charge on any atom is 0.407 e. The highest BCUT2D eigenvalue weighted by molar-refractivity contribution is 5.67. The summed E-state index contributed by atoms with van der Waals surface area (Å²) in [5.74, 6) is 0.0519. The summed E-state index contributed by atoms with van der Waals surface area (Å²) in [6.45, 7) is 9.00. The van der Waals surface area contributed by atoms with Gasteiger partial charge in [-0.1, -0.05) is 6.58 Å². The van der Waals surface area contributed by atoms with Crippen LogP contribution in [0.1, 0.15) is 27.2 Å². The summed E-state index contributed by atoms with van der Waals surface area (Å²) < 4.78 is 4.96. The van der Waals surface area contributed by atoms with Crippen molar-refractivity contribution in [1.82, 2.24) is 5.32 Å². The molecule has 1 amide bonds. The van der Waals surface area contributed by atoms with Gasteiger partial charge in [-0.2, -0.15) is 0 Å². The molecule has 0 heterocycles. The quantitative estimate of drug-likeness (QED) is 0.664. The minimum absolute atomic E-state index is 0.0519. The molecule has 0 rings (SSSR count). The van der Waals surface area contributed by atoms with E-state index in [1.807, 2.05) is 0 Å². The van der Waals surface area contributed by atoms with Gasteiger partial charge < -0.3 is 15.2 Å². The number of nitrogens with one attached hydrogen (secondary N) is 1. The normalized spacial score (nSPS) is 10.7. The fourth-order valence-electron chi connectivity index (χ4n) is 0.623. The van der Waals surface area contributed by atoms with Crippen molar-refractivity contribution < 1.29 is 14.6 Å². The number of hydrogen-bond acceptors (Lipinski definition) is 3. The van der Waals surface area contributed by atoms with Crippen LogP contribution >= 0.6 is 0 Å². The summed E-state index contributed by atoms with van der Waals surface area (Å²) in [6, 6.07) is 0. The molecule has 0 saturated carbocycles. The first-order valence-corrected chi connectivity index (χ1v) is 4.15. The van der Waals surface area contributed by atoms with E-state index in [4.69, 9.17) is 9.84 Å². The van der Waals surface area contributed by atoms with Crippen LogP contribution in [0.5, 0.6) is 0 Å². The molecule has 0 fully saturated rings. The number of rotatable bonds is 3. The van der Waals surface area contributed by atoms with Gasteiger partial charge in [-0.3, -0.25) is 0 Å². The molecule has 4 nitrogen and oxygen atoms in total. The third-order valence-corrected chi connectivity index (χ3v) is 1.08. The Morgan fingerprint density at radius 1 is 1.54 bits per heavy atom. The number of aliphatic hydroxyl groups excluding tert-OH is 1. The Morgan fingerprint density at radius 2 is 2.08 bits per heavy atom. The van der Waals surface area contributed by atoms with E-state index in [9.17, 15) is 4.79 Å². The summed E-state index contributed by atoms with van der Waals surface area (Å²) in [5.41, 5.74) is -0.486. The van der Waals surface area contributed by atoms with E-state index in [0.717, 1.165) is 0 Å². The van der Waals surface area contributed by atoms with Gasteiger partial charge in [0.15, 0.2) is 0 Å². The van der Waals surface area contributed by atoms with Crippen LogP contribution in [0.3, 0.4) is 0 Å². The van der Waals surface area contributed by atoms with E-state index < -0.39 is 11.7 Å². The lowest BCUT2D eigenvalue weighted by molar-refractivity contribution is 0.0527. The molecule has 2 N–H and O–H groups in total. The van der Waals surface area contributed by atoms with E-state index in [0.29, 0.717) is 13.0 Å². The average molecular weight is 187 g/mol. The fourth-order valence-corrected chi connectivity index (χ4v) is 0.623. The number of carbonyl (C=O) groups excluding carboxylic acids is 1. The molecule has 0 atom stereocenters. The van der Waals surface area contributed by atoms with E-state index in [-0.39, 0.29) is 5.76 Å². The number of alkyl carbamates (subject to hydrolysis) is 1. The monoisotopic (exact) mass is 187 g/mol. The first kappa shape index (κ1) is 11.8. The molecule has 4 heteroatoms. The smallest absolute Gasteiger partial charge is 0.407 e. The first-order valence-electron chi connectivity index (χ1n) is 4.15. The highest BCUT2D eigenvalue weighted by Crippen LogP contribution is 2.06. The lowest BCUT2D eigenvalue weighted by atomic mass is 10.2. The van der Waals surface area contributed by atoms with Crippen LogP contribution in [0.4, 0.5) is 4.79 Å². The molecule has 0 aliphatic carbocycles. The van der Waals surface area contributed by atoms with E-state index in [1.54, 1.807) is 20.8 Å². The second kappa shape index (κ2) is 4.74. The van der Waals surface area contributed by atoms with Crippen LogP contribution in [0.15, 0.2) is 12.3 Å². The number of aliphatic hydroxyl groups is 1. The van der Waals surface area contributed by atoms with Gasteiger partial charge in [0.05, 0.1) is 5.76 Å². The van der Waals surface area contributed by atoms with Crippen molar-refractivity contribution in [3.05, 3.63) is 12.3 Å². The molecular weight excluding hydrogens is 170 g/mol. The molecule has 0 aromatic rings.